The molecule has 1 aliphatic rings. The van der Waals surface area contributed by atoms with Crippen LogP contribution in [0.5, 0.6) is 0 Å². The van der Waals surface area contributed by atoms with E-state index in [1.54, 1.807) is 6.07 Å². The smallest absolute Gasteiger partial charge is 0.261 e. The normalized spacial score (nSPS) is 16.4. The number of aliphatic hydroxyl groups excluding tert-OH is 1. The number of nitrogens with one attached hydrogen (secondary N) is 1. The van der Waals surface area contributed by atoms with Gasteiger partial charge in [-0.05, 0) is 31.4 Å². The lowest BCUT2D eigenvalue weighted by Gasteiger charge is -2.28. The zero-order valence-electron chi connectivity index (χ0n) is 13.9. The Hall–Kier alpha value is -2.21. The van der Waals surface area contributed by atoms with Crippen LogP contribution in [0, 0.1) is 6.92 Å². The van der Waals surface area contributed by atoms with Gasteiger partial charge < -0.3 is 10.4 Å². The molecule has 2 aromatic rings. The molecule has 1 heterocycles. The first kappa shape index (κ1) is 16.6. The molecule has 0 spiro atoms. The van der Waals surface area contributed by atoms with Gasteiger partial charge in [0.25, 0.3) is 5.56 Å². The lowest BCUT2D eigenvalue weighted by Crippen LogP contribution is -2.49. The first-order valence-corrected chi connectivity index (χ1v) is 8.41. The van der Waals surface area contributed by atoms with E-state index in [1.165, 1.54) is 10.9 Å². The molecule has 128 valence electrons. The summed E-state index contributed by atoms with van der Waals surface area (Å²) in [4.78, 5) is 29.1. The Morgan fingerprint density at radius 2 is 2.12 bits per heavy atom. The summed E-state index contributed by atoms with van der Waals surface area (Å²) in [5.41, 5.74) is 1.06. The maximum Gasteiger partial charge on any atom is 0.261 e. The number of amides is 1. The minimum absolute atomic E-state index is 0.0322. The number of aliphatic hydroxyl groups is 1. The molecule has 3 rings (SSSR count). The first-order chi connectivity index (χ1) is 11.5. The molecule has 0 radical (unpaired) electrons. The second kappa shape index (κ2) is 6.73. The Balaban J connectivity index is 1.71. The fourth-order valence-electron chi connectivity index (χ4n) is 3.45. The van der Waals surface area contributed by atoms with E-state index in [9.17, 15) is 14.7 Å². The van der Waals surface area contributed by atoms with Crippen LogP contribution in [0.25, 0.3) is 10.9 Å². The third-order valence-corrected chi connectivity index (χ3v) is 4.90. The van der Waals surface area contributed by atoms with Crippen LogP contribution in [0.4, 0.5) is 0 Å². The van der Waals surface area contributed by atoms with Crippen LogP contribution in [-0.2, 0) is 11.3 Å². The number of aryl methyl sites for hydroxylation is 2. The highest BCUT2D eigenvalue weighted by atomic mass is 16.3. The molecule has 6 heteroatoms. The molecule has 1 aromatic heterocycles. The van der Waals surface area contributed by atoms with E-state index in [0.29, 0.717) is 10.9 Å². The van der Waals surface area contributed by atoms with E-state index in [2.05, 4.69) is 10.3 Å². The van der Waals surface area contributed by atoms with Crippen LogP contribution in [0.3, 0.4) is 0 Å². The second-order valence-electron chi connectivity index (χ2n) is 6.66. The van der Waals surface area contributed by atoms with Gasteiger partial charge in [-0.15, -0.1) is 0 Å². The van der Waals surface area contributed by atoms with Gasteiger partial charge in [-0.2, -0.15) is 0 Å². The van der Waals surface area contributed by atoms with Crippen LogP contribution in [0.15, 0.2) is 29.3 Å². The third-order valence-electron chi connectivity index (χ3n) is 4.90. The fraction of sp³-hybridized carbons (Fsp3) is 0.500. The molecule has 1 amide bonds. The van der Waals surface area contributed by atoms with Crippen molar-refractivity contribution >= 4 is 16.8 Å². The fourth-order valence-corrected chi connectivity index (χ4v) is 3.45. The number of nitrogens with zero attached hydrogens (tertiary/aromatic N) is 2. The molecule has 2 N–H and O–H groups in total. The summed E-state index contributed by atoms with van der Waals surface area (Å²) in [6.45, 7) is 2.17. The van der Waals surface area contributed by atoms with Gasteiger partial charge in [0.15, 0.2) is 0 Å². The van der Waals surface area contributed by atoms with Gasteiger partial charge in [-0.1, -0.05) is 25.0 Å². The minimum atomic E-state index is -0.471. The van der Waals surface area contributed by atoms with Crippen molar-refractivity contribution in [1.82, 2.24) is 14.9 Å². The highest BCUT2D eigenvalue weighted by Crippen LogP contribution is 2.29. The summed E-state index contributed by atoms with van der Waals surface area (Å²) < 4.78 is 1.47. The van der Waals surface area contributed by atoms with Crippen molar-refractivity contribution in [2.75, 3.05) is 6.61 Å². The molecule has 0 unspecified atom stereocenters. The van der Waals surface area contributed by atoms with Crippen molar-refractivity contribution in [1.29, 1.82) is 0 Å². The molecule has 0 atom stereocenters. The predicted molar refractivity (Wildman–Crippen MR) is 91.8 cm³/mol. The van der Waals surface area contributed by atoms with E-state index < -0.39 is 5.54 Å². The Morgan fingerprint density at radius 3 is 2.83 bits per heavy atom. The number of carbonyl (C=O) groups excluding carboxylic acids is 1. The summed E-state index contributed by atoms with van der Waals surface area (Å²) in [5.74, 6) is -0.137. The number of carbonyl (C=O) groups is 1. The predicted octanol–water partition coefficient (Wildman–Crippen LogP) is 1.52. The number of para-hydroxylation sites is 1. The summed E-state index contributed by atoms with van der Waals surface area (Å²) >= 11 is 0. The molecule has 24 heavy (non-hydrogen) atoms. The van der Waals surface area contributed by atoms with Crippen LogP contribution < -0.4 is 10.9 Å². The molecule has 1 aliphatic carbocycles. The van der Waals surface area contributed by atoms with Crippen molar-refractivity contribution in [2.24, 2.45) is 0 Å². The number of aromatic nitrogens is 2. The molecule has 0 aliphatic heterocycles. The van der Waals surface area contributed by atoms with Crippen LogP contribution in [-0.4, -0.2) is 32.7 Å². The van der Waals surface area contributed by atoms with Gasteiger partial charge in [0.1, 0.15) is 0 Å². The molecule has 1 aromatic carbocycles. The summed E-state index contributed by atoms with van der Waals surface area (Å²) in [6.07, 6.45) is 5.36. The second-order valence-corrected chi connectivity index (χ2v) is 6.66. The molecule has 0 saturated heterocycles. The average Bonchev–Trinajstić information content (AvgIpc) is 3.04. The lowest BCUT2D eigenvalue weighted by molar-refractivity contribution is -0.123. The maximum absolute atomic E-state index is 12.5. The first-order valence-electron chi connectivity index (χ1n) is 8.41. The van der Waals surface area contributed by atoms with E-state index in [0.717, 1.165) is 31.2 Å². The van der Waals surface area contributed by atoms with Crippen LogP contribution in [0.2, 0.25) is 0 Å². The van der Waals surface area contributed by atoms with Crippen molar-refractivity contribution in [3.63, 3.8) is 0 Å². The SMILES string of the molecule is Cc1cccc2c(=O)n(CCC(=O)NC3(CO)CCCC3)cnc12. The van der Waals surface area contributed by atoms with Gasteiger partial charge in [-0.25, -0.2) is 4.98 Å². The highest BCUT2D eigenvalue weighted by molar-refractivity contribution is 5.80. The highest BCUT2D eigenvalue weighted by Gasteiger charge is 2.34. The summed E-state index contributed by atoms with van der Waals surface area (Å²) in [7, 11) is 0. The monoisotopic (exact) mass is 329 g/mol. The number of benzene rings is 1. The number of hydrogen-bond donors (Lipinski definition) is 2. The van der Waals surface area contributed by atoms with Crippen molar-refractivity contribution in [3.8, 4) is 0 Å². The topological polar surface area (TPSA) is 84.2 Å². The Morgan fingerprint density at radius 1 is 1.38 bits per heavy atom. The van der Waals surface area contributed by atoms with Gasteiger partial charge >= 0.3 is 0 Å². The lowest BCUT2D eigenvalue weighted by atomic mass is 9.99. The number of rotatable bonds is 5. The molecule has 0 bridgehead atoms. The Kier molecular flexibility index (Phi) is 4.66. The maximum atomic E-state index is 12.5. The third kappa shape index (κ3) is 3.19. The standard InChI is InChI=1S/C18H23N3O3/c1-13-5-4-6-14-16(13)19-12-21(17(14)24)10-7-15(23)20-18(11-22)8-2-3-9-18/h4-6,12,22H,2-3,7-11H2,1H3,(H,20,23). The average molecular weight is 329 g/mol. The van der Waals surface area contributed by atoms with E-state index in [4.69, 9.17) is 0 Å². The molecular weight excluding hydrogens is 306 g/mol. The van der Waals surface area contributed by atoms with Gasteiger partial charge in [0.2, 0.25) is 5.91 Å². The van der Waals surface area contributed by atoms with Gasteiger partial charge in [-0.3, -0.25) is 14.2 Å². The van der Waals surface area contributed by atoms with Gasteiger partial charge in [0, 0.05) is 13.0 Å². The van der Waals surface area contributed by atoms with E-state index in [-0.39, 0.29) is 31.0 Å². The zero-order valence-corrected chi connectivity index (χ0v) is 13.9. The van der Waals surface area contributed by atoms with Gasteiger partial charge in [0.05, 0.1) is 29.4 Å². The van der Waals surface area contributed by atoms with Crippen molar-refractivity contribution in [2.45, 2.75) is 51.1 Å². The molecule has 6 nitrogen and oxygen atoms in total. The number of hydrogen-bond acceptors (Lipinski definition) is 4. The van der Waals surface area contributed by atoms with Crippen molar-refractivity contribution < 1.29 is 9.90 Å². The largest absolute Gasteiger partial charge is 0.394 e. The van der Waals surface area contributed by atoms with E-state index in [1.807, 2.05) is 19.1 Å². The quantitative estimate of drug-likeness (QED) is 0.871. The summed E-state index contributed by atoms with van der Waals surface area (Å²) in [6, 6.07) is 5.51. The summed E-state index contributed by atoms with van der Waals surface area (Å²) in [5, 5.41) is 13.1. The van der Waals surface area contributed by atoms with Crippen LogP contribution >= 0.6 is 0 Å². The Bertz CT molecular complexity index is 807. The zero-order chi connectivity index (χ0) is 17.2. The number of fused-ring (bicyclic) bond motifs is 1. The Labute approximate surface area is 140 Å². The van der Waals surface area contributed by atoms with Crippen LogP contribution in [0.1, 0.15) is 37.7 Å². The molecule has 1 fully saturated rings. The minimum Gasteiger partial charge on any atom is -0.394 e. The molecular formula is C18H23N3O3. The van der Waals surface area contributed by atoms with E-state index >= 15 is 0 Å². The molecule has 1 saturated carbocycles. The van der Waals surface area contributed by atoms with Crippen molar-refractivity contribution in [3.05, 3.63) is 40.4 Å².